The number of carbonyl (C=O) groups is 1. The first-order valence-corrected chi connectivity index (χ1v) is 8.82. The van der Waals surface area contributed by atoms with E-state index in [-0.39, 0.29) is 34.8 Å². The summed E-state index contributed by atoms with van der Waals surface area (Å²) in [6, 6.07) is 8.07. The van der Waals surface area contributed by atoms with E-state index in [4.69, 9.17) is 0 Å². The number of nitrogens with zero attached hydrogens (tertiary/aromatic N) is 3. The topological polar surface area (TPSA) is 120 Å². The Morgan fingerprint density at radius 1 is 0.812 bits per heavy atom. The van der Waals surface area contributed by atoms with Gasteiger partial charge >= 0.3 is 18.3 Å². The fourth-order valence-electron chi connectivity index (χ4n) is 2.88. The lowest BCUT2D eigenvalue weighted by molar-refractivity contribution is -0.286. The Morgan fingerprint density at radius 2 is 1.44 bits per heavy atom. The predicted octanol–water partition coefficient (Wildman–Crippen LogP) is 3.60. The Balaban J connectivity index is 1.32. The molecule has 32 heavy (non-hydrogen) atoms. The number of aromatic nitrogens is 3. The van der Waals surface area contributed by atoms with E-state index in [2.05, 4.69) is 45.1 Å². The van der Waals surface area contributed by atoms with Crippen molar-refractivity contribution in [3.63, 3.8) is 0 Å². The van der Waals surface area contributed by atoms with Crippen LogP contribution in [0.25, 0.3) is 0 Å². The lowest BCUT2D eigenvalue weighted by Gasteiger charge is -2.25. The van der Waals surface area contributed by atoms with Gasteiger partial charge in [-0.05, 0) is 30.3 Å². The Hall–Kier alpha value is -4.36. The highest BCUT2D eigenvalue weighted by Gasteiger charge is 2.46. The number of carbonyl (C=O) groups excluding carboxylic acids is 1. The van der Waals surface area contributed by atoms with Gasteiger partial charge in [0.2, 0.25) is 11.9 Å². The largest absolute Gasteiger partial charge is 0.586 e. The number of nitrogens with one attached hydrogen (secondary N) is 3. The molecule has 0 saturated heterocycles. The van der Waals surface area contributed by atoms with Crippen molar-refractivity contribution in [1.29, 1.82) is 0 Å². The molecule has 1 aromatic heterocycles. The van der Waals surface area contributed by atoms with Gasteiger partial charge in [0.1, 0.15) is 6.33 Å². The number of hydrogen-bond acceptors (Lipinski definition) is 9. The van der Waals surface area contributed by atoms with Crippen molar-refractivity contribution in [1.82, 2.24) is 15.0 Å². The highest BCUT2D eigenvalue weighted by molar-refractivity contribution is 5.99. The summed E-state index contributed by atoms with van der Waals surface area (Å²) in [4.78, 5) is 23.4. The molecule has 2 aliphatic rings. The van der Waals surface area contributed by atoms with Gasteiger partial charge in [-0.1, -0.05) is 0 Å². The minimum atomic E-state index is -3.96. The number of benzene rings is 2. The van der Waals surface area contributed by atoms with Gasteiger partial charge in [-0.15, -0.1) is 8.78 Å². The van der Waals surface area contributed by atoms with E-state index in [9.17, 15) is 22.4 Å². The van der Waals surface area contributed by atoms with E-state index in [1.807, 2.05) is 0 Å². The zero-order valence-electron chi connectivity index (χ0n) is 15.5. The molecule has 2 aliphatic heterocycles. The average molecular weight is 450 g/mol. The standard InChI is InChI=1S/C18H10F4N6O4/c19-17(20)14(29)27-10-5-8(1-3-11(10)30-17)25-15-23-7-24-16(28-15)26-9-2-4-12-13(6-9)32-18(21,22)31-12/h1-7H,(H,27,29)(H2,23,24,25,26,28). The molecular weight excluding hydrogens is 440 g/mol. The van der Waals surface area contributed by atoms with Crippen LogP contribution in [-0.2, 0) is 4.79 Å². The molecule has 0 bridgehead atoms. The summed E-state index contributed by atoms with van der Waals surface area (Å²) in [6.07, 6.45) is -6.51. The van der Waals surface area contributed by atoms with E-state index in [0.29, 0.717) is 11.4 Å². The van der Waals surface area contributed by atoms with Crippen LogP contribution in [0.3, 0.4) is 0 Å². The van der Waals surface area contributed by atoms with Crippen LogP contribution in [-0.4, -0.2) is 33.3 Å². The maximum absolute atomic E-state index is 13.3. The molecule has 5 rings (SSSR count). The molecule has 1 amide bonds. The third-order valence-electron chi connectivity index (χ3n) is 4.22. The number of fused-ring (bicyclic) bond motifs is 2. The highest BCUT2D eigenvalue weighted by atomic mass is 19.3. The molecule has 0 spiro atoms. The van der Waals surface area contributed by atoms with Crippen molar-refractivity contribution in [2.75, 3.05) is 16.0 Å². The Kier molecular flexibility index (Phi) is 4.18. The summed E-state index contributed by atoms with van der Waals surface area (Å²) in [5.41, 5.74) is 0.743. The minimum absolute atomic E-state index is 0.0375. The smallest absolute Gasteiger partial charge is 0.423 e. The summed E-state index contributed by atoms with van der Waals surface area (Å²) in [5, 5.41) is 7.69. The molecule has 0 saturated carbocycles. The number of rotatable bonds is 4. The van der Waals surface area contributed by atoms with E-state index in [0.717, 1.165) is 0 Å². The molecule has 10 nitrogen and oxygen atoms in total. The number of amides is 1. The number of alkyl halides is 4. The van der Waals surface area contributed by atoms with Crippen molar-refractivity contribution in [3.05, 3.63) is 42.7 Å². The lowest BCUT2D eigenvalue weighted by atomic mass is 10.2. The first-order valence-electron chi connectivity index (χ1n) is 8.82. The molecular formula is C18H10F4N6O4. The zero-order valence-corrected chi connectivity index (χ0v) is 15.5. The summed E-state index contributed by atoms with van der Waals surface area (Å²) in [6.45, 7) is 0. The molecule has 0 unspecified atom stereocenters. The van der Waals surface area contributed by atoms with Crippen molar-refractivity contribution in [3.8, 4) is 17.2 Å². The third-order valence-corrected chi connectivity index (χ3v) is 4.22. The predicted molar refractivity (Wildman–Crippen MR) is 99.7 cm³/mol. The summed E-state index contributed by atoms with van der Waals surface area (Å²) in [7, 11) is 0. The van der Waals surface area contributed by atoms with E-state index < -0.39 is 18.3 Å². The van der Waals surface area contributed by atoms with E-state index in [1.165, 1.54) is 42.7 Å². The maximum atomic E-state index is 13.3. The second-order valence-corrected chi connectivity index (χ2v) is 6.50. The van der Waals surface area contributed by atoms with Crippen LogP contribution < -0.4 is 30.2 Å². The number of hydrogen-bond donors (Lipinski definition) is 3. The molecule has 2 aromatic carbocycles. The molecule has 0 fully saturated rings. The molecule has 0 atom stereocenters. The van der Waals surface area contributed by atoms with Crippen molar-refractivity contribution >= 4 is 34.9 Å². The van der Waals surface area contributed by atoms with Gasteiger partial charge < -0.3 is 30.2 Å². The highest BCUT2D eigenvalue weighted by Crippen LogP contribution is 2.42. The SMILES string of the molecule is O=C1Nc2cc(Nc3ncnc(Nc4ccc5c(c4)OC(F)(F)O5)n3)ccc2OC1(F)F. The quantitative estimate of drug-likeness (QED) is 0.512. The molecule has 0 radical (unpaired) electrons. The second kappa shape index (κ2) is 6.83. The Labute approximate surface area is 175 Å². The van der Waals surface area contributed by atoms with Gasteiger partial charge in [0.25, 0.3) is 0 Å². The van der Waals surface area contributed by atoms with Crippen LogP contribution in [0.5, 0.6) is 17.2 Å². The average Bonchev–Trinajstić information content (AvgIpc) is 3.02. The molecule has 164 valence electrons. The Bertz CT molecular complexity index is 1240. The number of halogens is 4. The summed E-state index contributed by atoms with van der Waals surface area (Å²) < 4.78 is 66.0. The van der Waals surface area contributed by atoms with Crippen LogP contribution >= 0.6 is 0 Å². The van der Waals surface area contributed by atoms with Crippen molar-refractivity contribution < 1.29 is 36.6 Å². The van der Waals surface area contributed by atoms with Gasteiger partial charge in [-0.25, -0.2) is 9.97 Å². The minimum Gasteiger partial charge on any atom is -0.423 e. The number of ether oxygens (including phenoxy) is 3. The van der Waals surface area contributed by atoms with Gasteiger partial charge in [0.05, 0.1) is 5.69 Å². The van der Waals surface area contributed by atoms with E-state index >= 15 is 0 Å². The summed E-state index contributed by atoms with van der Waals surface area (Å²) >= 11 is 0. The van der Waals surface area contributed by atoms with Crippen LogP contribution in [0, 0.1) is 0 Å². The molecule has 14 heteroatoms. The fraction of sp³-hybridized carbons (Fsp3) is 0.111. The molecule has 3 heterocycles. The van der Waals surface area contributed by atoms with Gasteiger partial charge in [-0.2, -0.15) is 13.8 Å². The molecule has 3 aromatic rings. The second-order valence-electron chi connectivity index (χ2n) is 6.50. The third kappa shape index (κ3) is 3.73. The maximum Gasteiger partial charge on any atom is 0.586 e. The summed E-state index contributed by atoms with van der Waals surface area (Å²) in [5.74, 6) is -1.91. The zero-order chi connectivity index (χ0) is 22.5. The molecule has 3 N–H and O–H groups in total. The van der Waals surface area contributed by atoms with Crippen molar-refractivity contribution in [2.45, 2.75) is 12.4 Å². The first kappa shape index (κ1) is 19.6. The fourth-order valence-corrected chi connectivity index (χ4v) is 2.88. The lowest BCUT2D eigenvalue weighted by Crippen LogP contribution is -2.43. The molecule has 0 aliphatic carbocycles. The van der Waals surface area contributed by atoms with Crippen molar-refractivity contribution in [2.24, 2.45) is 0 Å². The Morgan fingerprint density at radius 3 is 2.16 bits per heavy atom. The monoisotopic (exact) mass is 450 g/mol. The normalized spacial score (nSPS) is 17.1. The van der Waals surface area contributed by atoms with Crippen LogP contribution in [0.4, 0.5) is 46.5 Å². The van der Waals surface area contributed by atoms with Gasteiger partial charge in [0.15, 0.2) is 17.2 Å². The van der Waals surface area contributed by atoms with Gasteiger partial charge in [-0.3, -0.25) is 4.79 Å². The van der Waals surface area contributed by atoms with Crippen LogP contribution in [0.1, 0.15) is 0 Å². The van der Waals surface area contributed by atoms with Crippen LogP contribution in [0.2, 0.25) is 0 Å². The first-order chi connectivity index (χ1) is 15.2. The van der Waals surface area contributed by atoms with Crippen LogP contribution in [0.15, 0.2) is 42.7 Å². The number of anilines is 5. The van der Waals surface area contributed by atoms with E-state index in [1.54, 1.807) is 0 Å². The van der Waals surface area contributed by atoms with Gasteiger partial charge in [0, 0.05) is 17.4 Å².